The molecule has 1 saturated heterocycles. The van der Waals surface area contributed by atoms with E-state index in [1.165, 1.54) is 33.2 Å². The molecule has 140 valence electrons. The van der Waals surface area contributed by atoms with E-state index in [1.807, 2.05) is 0 Å². The SMILES string of the molecule is C1=CC2(CP2(c2ccccc2)(c2ccccc2)c2ccccc2)c2ccccc21. The molecule has 1 heteroatoms. The topological polar surface area (TPSA) is 0 Å². The molecule has 1 unspecified atom stereocenters. The van der Waals surface area contributed by atoms with Crippen molar-refractivity contribution in [1.82, 2.24) is 0 Å². The normalized spacial score (nSPS) is 23.8. The van der Waals surface area contributed by atoms with E-state index < -0.39 is 6.60 Å². The summed E-state index contributed by atoms with van der Waals surface area (Å²) in [5, 5.41) is 4.54. The van der Waals surface area contributed by atoms with E-state index >= 15 is 0 Å². The van der Waals surface area contributed by atoms with Gasteiger partial charge in [0.1, 0.15) is 0 Å². The summed E-state index contributed by atoms with van der Waals surface area (Å²) in [7, 11) is 0. The summed E-state index contributed by atoms with van der Waals surface area (Å²) < 4.78 is 0. The molecule has 1 atom stereocenters. The van der Waals surface area contributed by atoms with Gasteiger partial charge in [-0.25, -0.2) is 0 Å². The number of fused-ring (bicyclic) bond motifs is 2. The van der Waals surface area contributed by atoms with E-state index in [-0.39, 0.29) is 5.16 Å². The van der Waals surface area contributed by atoms with Crippen molar-refractivity contribution in [3.05, 3.63) is 132 Å². The quantitative estimate of drug-likeness (QED) is 0.408. The molecule has 1 spiro atoms. The van der Waals surface area contributed by atoms with E-state index in [4.69, 9.17) is 0 Å². The molecule has 4 aromatic carbocycles. The first-order valence-electron chi connectivity index (χ1n) is 10.3. The van der Waals surface area contributed by atoms with Gasteiger partial charge < -0.3 is 0 Å². The van der Waals surface area contributed by atoms with Crippen LogP contribution in [-0.4, -0.2) is 6.16 Å². The number of allylic oxidation sites excluding steroid dienone is 1. The van der Waals surface area contributed by atoms with Gasteiger partial charge in [-0.05, 0) is 0 Å². The molecule has 2 aliphatic rings. The molecule has 29 heavy (non-hydrogen) atoms. The first-order chi connectivity index (χ1) is 14.3. The third-order valence-corrected chi connectivity index (χ3v) is 14.7. The second kappa shape index (κ2) is 5.78. The molecule has 1 aliphatic heterocycles. The Balaban J connectivity index is 1.80. The zero-order chi connectivity index (χ0) is 19.4. The number of hydrogen-bond acceptors (Lipinski definition) is 0. The zero-order valence-electron chi connectivity index (χ0n) is 16.3. The van der Waals surface area contributed by atoms with Crippen molar-refractivity contribution in [2.45, 2.75) is 5.16 Å². The zero-order valence-corrected chi connectivity index (χ0v) is 17.2. The van der Waals surface area contributed by atoms with E-state index in [0.29, 0.717) is 0 Å². The fourth-order valence-corrected chi connectivity index (χ4v) is 14.3. The molecular formula is C28H23P. The minimum absolute atomic E-state index is 0.0479. The molecule has 0 aromatic heterocycles. The molecule has 1 aliphatic carbocycles. The fraction of sp³-hybridized carbons (Fsp3) is 0.0714. The van der Waals surface area contributed by atoms with Crippen LogP contribution >= 0.6 is 6.60 Å². The van der Waals surface area contributed by atoms with Crippen LogP contribution in [0.15, 0.2) is 121 Å². The summed E-state index contributed by atoms with van der Waals surface area (Å²) in [4.78, 5) is 0. The van der Waals surface area contributed by atoms with Crippen molar-refractivity contribution in [2.24, 2.45) is 0 Å². The fourth-order valence-electron chi connectivity index (χ4n) is 6.05. The van der Waals surface area contributed by atoms with Gasteiger partial charge in [0.15, 0.2) is 0 Å². The van der Waals surface area contributed by atoms with Crippen LogP contribution < -0.4 is 15.9 Å². The summed E-state index contributed by atoms with van der Waals surface area (Å²) in [6.45, 7) is -2.71. The van der Waals surface area contributed by atoms with Crippen molar-refractivity contribution in [1.29, 1.82) is 0 Å². The Morgan fingerprint density at radius 3 is 1.48 bits per heavy atom. The Bertz CT molecular complexity index is 1130. The summed E-state index contributed by atoms with van der Waals surface area (Å²) in [6.07, 6.45) is 6.06. The van der Waals surface area contributed by atoms with Crippen molar-refractivity contribution in [2.75, 3.05) is 6.16 Å². The van der Waals surface area contributed by atoms with Gasteiger partial charge in [-0.2, -0.15) is 0 Å². The molecule has 1 fully saturated rings. The molecule has 0 saturated carbocycles. The van der Waals surface area contributed by atoms with Crippen molar-refractivity contribution in [3.8, 4) is 0 Å². The van der Waals surface area contributed by atoms with Gasteiger partial charge >= 0.3 is 172 Å². The maximum atomic E-state index is 2.53. The van der Waals surface area contributed by atoms with Crippen LogP contribution in [-0.2, 0) is 5.16 Å². The third kappa shape index (κ3) is 1.84. The molecule has 6 rings (SSSR count). The average molecular weight is 390 g/mol. The molecule has 0 radical (unpaired) electrons. The predicted molar refractivity (Wildman–Crippen MR) is 127 cm³/mol. The van der Waals surface area contributed by atoms with Crippen molar-refractivity contribution >= 4 is 28.6 Å². The van der Waals surface area contributed by atoms with Crippen LogP contribution in [0, 0.1) is 0 Å². The monoisotopic (exact) mass is 390 g/mol. The number of rotatable bonds is 3. The van der Waals surface area contributed by atoms with Crippen molar-refractivity contribution < 1.29 is 0 Å². The maximum absolute atomic E-state index is 2.71. The van der Waals surface area contributed by atoms with Gasteiger partial charge in [0.05, 0.1) is 0 Å². The van der Waals surface area contributed by atoms with Gasteiger partial charge in [0.25, 0.3) is 0 Å². The Kier molecular flexibility index (Phi) is 3.38. The van der Waals surface area contributed by atoms with E-state index in [0.717, 1.165) is 0 Å². The molecular weight excluding hydrogens is 367 g/mol. The van der Waals surface area contributed by atoms with E-state index in [2.05, 4.69) is 127 Å². The third-order valence-electron chi connectivity index (χ3n) is 7.28. The number of benzene rings is 4. The minimum atomic E-state index is -2.71. The van der Waals surface area contributed by atoms with Crippen LogP contribution in [0.2, 0.25) is 0 Å². The van der Waals surface area contributed by atoms with Crippen LogP contribution in [0.1, 0.15) is 11.1 Å². The summed E-state index contributed by atoms with van der Waals surface area (Å²) in [5.74, 6) is 0. The van der Waals surface area contributed by atoms with Gasteiger partial charge in [0, 0.05) is 0 Å². The Morgan fingerprint density at radius 1 is 0.517 bits per heavy atom. The second-order valence-electron chi connectivity index (χ2n) is 8.31. The summed E-state index contributed by atoms with van der Waals surface area (Å²) >= 11 is 0. The molecule has 0 amide bonds. The van der Waals surface area contributed by atoms with Crippen LogP contribution in [0.3, 0.4) is 0 Å². The first-order valence-corrected chi connectivity index (χ1v) is 12.7. The molecule has 0 nitrogen and oxygen atoms in total. The van der Waals surface area contributed by atoms with Crippen LogP contribution in [0.25, 0.3) is 6.08 Å². The first kappa shape index (κ1) is 17.0. The Hall–Kier alpha value is -2.95. The summed E-state index contributed by atoms with van der Waals surface area (Å²) in [5.41, 5.74) is 2.87. The number of hydrogen-bond donors (Lipinski definition) is 0. The van der Waals surface area contributed by atoms with Gasteiger partial charge in [-0.15, -0.1) is 0 Å². The Labute approximate surface area is 172 Å². The van der Waals surface area contributed by atoms with Gasteiger partial charge in [-0.1, -0.05) is 0 Å². The van der Waals surface area contributed by atoms with E-state index in [9.17, 15) is 0 Å². The van der Waals surface area contributed by atoms with Crippen molar-refractivity contribution in [3.63, 3.8) is 0 Å². The Morgan fingerprint density at radius 2 is 0.966 bits per heavy atom. The summed E-state index contributed by atoms with van der Waals surface area (Å²) in [6, 6.07) is 43.0. The second-order valence-corrected chi connectivity index (χ2v) is 13.6. The van der Waals surface area contributed by atoms with Gasteiger partial charge in [-0.3, -0.25) is 0 Å². The average Bonchev–Trinajstić information content (AvgIpc) is 3.31. The van der Waals surface area contributed by atoms with Gasteiger partial charge in [0.2, 0.25) is 0 Å². The molecule has 0 N–H and O–H groups in total. The van der Waals surface area contributed by atoms with Crippen LogP contribution in [0.5, 0.6) is 0 Å². The van der Waals surface area contributed by atoms with Crippen LogP contribution in [0.4, 0.5) is 0 Å². The molecule has 1 heterocycles. The molecule has 0 bridgehead atoms. The standard InChI is InChI=1S/C28H23P/c1-4-13-24(14-5-1)29(25-15-6-2-7-16-25,26-17-8-3-9-18-26)22-28(29)21-20-23-12-10-11-19-27(23)28/h1-21H,22H2. The molecule has 4 aromatic rings. The predicted octanol–water partition coefficient (Wildman–Crippen LogP) is 5.45. The van der Waals surface area contributed by atoms with E-state index in [1.54, 1.807) is 0 Å².